The van der Waals surface area contributed by atoms with Gasteiger partial charge in [0.2, 0.25) is 5.91 Å². The van der Waals surface area contributed by atoms with E-state index in [1.807, 2.05) is 19.1 Å². The van der Waals surface area contributed by atoms with Crippen molar-refractivity contribution in [3.63, 3.8) is 0 Å². The summed E-state index contributed by atoms with van der Waals surface area (Å²) < 4.78 is 5.18. The standard InChI is InChI=1S/C14H19NO3S/c1-4-8-15-13(17)9-19-12-7-5-6-11(18-3)14(12)10(2)16/h5-7H,4,8-9H2,1-3H3,(H,15,17). The molecular weight excluding hydrogens is 262 g/mol. The maximum Gasteiger partial charge on any atom is 0.230 e. The van der Waals surface area contributed by atoms with Crippen molar-refractivity contribution >= 4 is 23.5 Å². The fourth-order valence-electron chi connectivity index (χ4n) is 1.61. The van der Waals surface area contributed by atoms with Gasteiger partial charge in [0.25, 0.3) is 0 Å². The second-order valence-electron chi connectivity index (χ2n) is 4.03. The molecule has 1 aromatic rings. The molecule has 4 nitrogen and oxygen atoms in total. The lowest BCUT2D eigenvalue weighted by atomic mass is 10.1. The number of benzene rings is 1. The van der Waals surface area contributed by atoms with Crippen LogP contribution in [0.4, 0.5) is 0 Å². The molecule has 0 aromatic heterocycles. The van der Waals surface area contributed by atoms with E-state index in [1.165, 1.54) is 25.8 Å². The number of ketones is 1. The molecule has 0 bridgehead atoms. The molecule has 0 fully saturated rings. The first-order valence-electron chi connectivity index (χ1n) is 6.17. The lowest BCUT2D eigenvalue weighted by molar-refractivity contribution is -0.118. The van der Waals surface area contributed by atoms with Crippen LogP contribution in [-0.2, 0) is 4.79 Å². The molecule has 104 valence electrons. The van der Waals surface area contributed by atoms with Crippen molar-refractivity contribution in [1.82, 2.24) is 5.32 Å². The third kappa shape index (κ3) is 4.59. The molecule has 0 saturated heterocycles. The van der Waals surface area contributed by atoms with Gasteiger partial charge in [0.15, 0.2) is 5.78 Å². The maximum absolute atomic E-state index is 11.7. The average Bonchev–Trinajstić information content (AvgIpc) is 2.41. The highest BCUT2D eigenvalue weighted by atomic mass is 32.2. The molecule has 0 aliphatic heterocycles. The third-order valence-electron chi connectivity index (χ3n) is 2.49. The van der Waals surface area contributed by atoms with Crippen LogP contribution < -0.4 is 10.1 Å². The molecule has 1 N–H and O–H groups in total. The Labute approximate surface area is 117 Å². The van der Waals surface area contributed by atoms with Crippen molar-refractivity contribution in [3.05, 3.63) is 23.8 Å². The van der Waals surface area contributed by atoms with Gasteiger partial charge >= 0.3 is 0 Å². The Balaban J connectivity index is 2.78. The van der Waals surface area contributed by atoms with Gasteiger partial charge in [-0.15, -0.1) is 11.8 Å². The molecule has 1 amide bonds. The maximum atomic E-state index is 11.7. The molecule has 5 heteroatoms. The van der Waals surface area contributed by atoms with E-state index >= 15 is 0 Å². The van der Waals surface area contributed by atoms with Crippen LogP contribution >= 0.6 is 11.8 Å². The Morgan fingerprint density at radius 1 is 1.37 bits per heavy atom. The number of methoxy groups -OCH3 is 1. The lowest BCUT2D eigenvalue weighted by Crippen LogP contribution is -2.25. The summed E-state index contributed by atoms with van der Waals surface area (Å²) in [5, 5.41) is 2.80. The van der Waals surface area contributed by atoms with Crippen LogP contribution in [0.3, 0.4) is 0 Å². The molecule has 0 aliphatic carbocycles. The van der Waals surface area contributed by atoms with E-state index in [0.717, 1.165) is 11.3 Å². The average molecular weight is 281 g/mol. The predicted octanol–water partition coefficient (Wildman–Crippen LogP) is 2.52. The smallest absolute Gasteiger partial charge is 0.230 e. The number of Topliss-reactive ketones (excluding diaryl/α,β-unsaturated/α-hetero) is 1. The summed E-state index contributed by atoms with van der Waals surface area (Å²) in [5.74, 6) is 0.762. The van der Waals surface area contributed by atoms with Crippen LogP contribution in [0.1, 0.15) is 30.6 Å². The number of hydrogen-bond donors (Lipinski definition) is 1. The Hall–Kier alpha value is -1.49. The summed E-state index contributed by atoms with van der Waals surface area (Å²) in [6, 6.07) is 5.40. The van der Waals surface area contributed by atoms with Crippen molar-refractivity contribution in [2.75, 3.05) is 19.4 Å². The van der Waals surface area contributed by atoms with Crippen LogP contribution in [0.15, 0.2) is 23.1 Å². The Morgan fingerprint density at radius 3 is 2.68 bits per heavy atom. The van der Waals surface area contributed by atoms with Crippen molar-refractivity contribution in [2.24, 2.45) is 0 Å². The number of carbonyl (C=O) groups is 2. The van der Waals surface area contributed by atoms with Gasteiger partial charge in [-0.05, 0) is 25.5 Å². The van der Waals surface area contributed by atoms with Crippen LogP contribution in [0, 0.1) is 0 Å². The molecule has 1 rings (SSSR count). The Kier molecular flexibility index (Phi) is 6.42. The van der Waals surface area contributed by atoms with Crippen molar-refractivity contribution < 1.29 is 14.3 Å². The lowest BCUT2D eigenvalue weighted by Gasteiger charge is -2.11. The summed E-state index contributed by atoms with van der Waals surface area (Å²) in [7, 11) is 1.53. The Bertz CT molecular complexity index is 460. The van der Waals surface area contributed by atoms with Gasteiger partial charge in [-0.2, -0.15) is 0 Å². The van der Waals surface area contributed by atoms with E-state index in [1.54, 1.807) is 6.07 Å². The van der Waals surface area contributed by atoms with Crippen LogP contribution in [0.25, 0.3) is 0 Å². The van der Waals surface area contributed by atoms with Crippen LogP contribution in [0.2, 0.25) is 0 Å². The summed E-state index contributed by atoms with van der Waals surface area (Å²) in [4.78, 5) is 24.0. The molecular formula is C14H19NO3S. The number of carbonyl (C=O) groups excluding carboxylic acids is 2. The van der Waals surface area contributed by atoms with E-state index in [4.69, 9.17) is 4.74 Å². The van der Waals surface area contributed by atoms with E-state index in [2.05, 4.69) is 5.32 Å². The molecule has 0 heterocycles. The quantitative estimate of drug-likeness (QED) is 0.616. The number of hydrogen-bond acceptors (Lipinski definition) is 4. The minimum Gasteiger partial charge on any atom is -0.496 e. The highest BCUT2D eigenvalue weighted by Crippen LogP contribution is 2.30. The van der Waals surface area contributed by atoms with Crippen LogP contribution in [0.5, 0.6) is 5.75 Å². The monoisotopic (exact) mass is 281 g/mol. The Morgan fingerprint density at radius 2 is 2.11 bits per heavy atom. The van der Waals surface area contributed by atoms with Crippen molar-refractivity contribution in [2.45, 2.75) is 25.2 Å². The number of thioether (sulfide) groups is 1. The van der Waals surface area contributed by atoms with Gasteiger partial charge in [0.05, 0.1) is 18.4 Å². The fourth-order valence-corrected chi connectivity index (χ4v) is 2.56. The molecule has 0 unspecified atom stereocenters. The van der Waals surface area contributed by atoms with Gasteiger partial charge in [0, 0.05) is 11.4 Å². The first-order valence-corrected chi connectivity index (χ1v) is 7.16. The summed E-state index contributed by atoms with van der Waals surface area (Å²) in [6.45, 7) is 4.18. The first-order chi connectivity index (χ1) is 9.10. The molecule has 0 radical (unpaired) electrons. The number of ether oxygens (including phenoxy) is 1. The van der Waals surface area contributed by atoms with Gasteiger partial charge in [-0.3, -0.25) is 9.59 Å². The second-order valence-corrected chi connectivity index (χ2v) is 5.05. The van der Waals surface area contributed by atoms with Gasteiger partial charge in [0.1, 0.15) is 5.75 Å². The van der Waals surface area contributed by atoms with E-state index in [-0.39, 0.29) is 11.7 Å². The largest absolute Gasteiger partial charge is 0.496 e. The fraction of sp³-hybridized carbons (Fsp3) is 0.429. The highest BCUT2D eigenvalue weighted by Gasteiger charge is 2.14. The summed E-state index contributed by atoms with van der Waals surface area (Å²) >= 11 is 1.35. The zero-order valence-electron chi connectivity index (χ0n) is 11.5. The number of nitrogens with one attached hydrogen (secondary N) is 1. The molecule has 1 aromatic carbocycles. The van der Waals surface area contributed by atoms with Crippen molar-refractivity contribution in [3.8, 4) is 5.75 Å². The van der Waals surface area contributed by atoms with Crippen LogP contribution in [-0.4, -0.2) is 31.1 Å². The molecule has 0 aliphatic rings. The number of amides is 1. The molecule has 0 spiro atoms. The second kappa shape index (κ2) is 7.84. The number of rotatable bonds is 7. The highest BCUT2D eigenvalue weighted by molar-refractivity contribution is 8.00. The van der Waals surface area contributed by atoms with Gasteiger partial charge < -0.3 is 10.1 Å². The van der Waals surface area contributed by atoms with Gasteiger partial charge in [-0.1, -0.05) is 13.0 Å². The summed E-state index contributed by atoms with van der Waals surface area (Å²) in [5.41, 5.74) is 0.540. The van der Waals surface area contributed by atoms with E-state index < -0.39 is 0 Å². The summed E-state index contributed by atoms with van der Waals surface area (Å²) in [6.07, 6.45) is 0.911. The predicted molar refractivity (Wildman–Crippen MR) is 77.0 cm³/mol. The minimum atomic E-state index is -0.0612. The molecule has 0 saturated carbocycles. The normalized spacial score (nSPS) is 10.1. The minimum absolute atomic E-state index is 0.0239. The SMILES string of the molecule is CCCNC(=O)CSc1cccc(OC)c1C(C)=O. The zero-order chi connectivity index (χ0) is 14.3. The molecule has 19 heavy (non-hydrogen) atoms. The zero-order valence-corrected chi connectivity index (χ0v) is 12.3. The van der Waals surface area contributed by atoms with E-state index in [0.29, 0.717) is 23.6 Å². The van der Waals surface area contributed by atoms with E-state index in [9.17, 15) is 9.59 Å². The molecule has 0 atom stereocenters. The third-order valence-corrected chi connectivity index (χ3v) is 3.55. The van der Waals surface area contributed by atoms with Gasteiger partial charge in [-0.25, -0.2) is 0 Å². The first kappa shape index (κ1) is 15.6. The van der Waals surface area contributed by atoms with Crippen molar-refractivity contribution in [1.29, 1.82) is 0 Å². The topological polar surface area (TPSA) is 55.4 Å².